The Morgan fingerprint density at radius 3 is 2.71 bits per heavy atom. The normalized spacial score (nSPS) is 17.6. The van der Waals surface area contributed by atoms with Gasteiger partial charge in [-0.15, -0.1) is 0 Å². The summed E-state index contributed by atoms with van der Waals surface area (Å²) in [6.45, 7) is 2.95. The fraction of sp³-hybridized carbons (Fsp3) is 0.455. The molecule has 2 aliphatic heterocycles. The van der Waals surface area contributed by atoms with Crippen LogP contribution in [-0.4, -0.2) is 58.4 Å². The van der Waals surface area contributed by atoms with Crippen LogP contribution in [0.15, 0.2) is 29.1 Å². The highest BCUT2D eigenvalue weighted by molar-refractivity contribution is 5.73. The Kier molecular flexibility index (Phi) is 8.05. The molecule has 0 spiro atoms. The summed E-state index contributed by atoms with van der Waals surface area (Å²) in [4.78, 5) is 42.8. The van der Waals surface area contributed by atoms with Crippen LogP contribution in [-0.2, 0) is 45.2 Å². The minimum atomic E-state index is -5.08. The van der Waals surface area contributed by atoms with Gasteiger partial charge in [0.25, 0.3) is 5.56 Å². The quantitative estimate of drug-likeness (QED) is 0.635. The number of carbonyl (C=O) groups is 2. The second-order valence-electron chi connectivity index (χ2n) is 7.89. The lowest BCUT2D eigenvalue weighted by molar-refractivity contribution is -0.192. The average molecular weight is 483 g/mol. The summed E-state index contributed by atoms with van der Waals surface area (Å²) in [7, 11) is 1.42. The van der Waals surface area contributed by atoms with Crippen molar-refractivity contribution < 1.29 is 37.3 Å². The van der Waals surface area contributed by atoms with Crippen molar-refractivity contribution in [2.75, 3.05) is 20.3 Å². The van der Waals surface area contributed by atoms with Gasteiger partial charge in [0.15, 0.2) is 0 Å². The fourth-order valence-corrected chi connectivity index (χ4v) is 3.95. The number of carboxylic acid groups (broad SMARTS) is 1. The molecule has 0 saturated carbocycles. The van der Waals surface area contributed by atoms with E-state index < -0.39 is 12.1 Å². The Hall–Kier alpha value is -3.25. The molecule has 4 rings (SSSR count). The number of rotatable bonds is 4. The van der Waals surface area contributed by atoms with E-state index in [0.29, 0.717) is 44.0 Å². The third kappa shape index (κ3) is 6.41. The summed E-state index contributed by atoms with van der Waals surface area (Å²) in [5, 5.41) is 7.12. The van der Waals surface area contributed by atoms with E-state index in [0.717, 1.165) is 18.8 Å². The van der Waals surface area contributed by atoms with E-state index >= 15 is 0 Å². The molecule has 2 N–H and O–H groups in total. The zero-order valence-electron chi connectivity index (χ0n) is 18.4. The highest BCUT2D eigenvalue weighted by Gasteiger charge is 2.38. The van der Waals surface area contributed by atoms with Crippen LogP contribution in [0.3, 0.4) is 0 Å². The number of aromatic amines is 1. The van der Waals surface area contributed by atoms with E-state index in [2.05, 4.69) is 27.0 Å². The lowest BCUT2D eigenvalue weighted by Crippen LogP contribution is -2.36. The van der Waals surface area contributed by atoms with Gasteiger partial charge < -0.3 is 19.6 Å². The number of aromatic nitrogens is 2. The predicted octanol–water partition coefficient (Wildman–Crippen LogP) is 2.14. The van der Waals surface area contributed by atoms with Crippen LogP contribution in [0.5, 0.6) is 0 Å². The lowest BCUT2D eigenvalue weighted by atomic mass is 9.87. The number of fused-ring (bicyclic) bond motifs is 2. The Bertz CT molecular complexity index is 1100. The first-order valence-corrected chi connectivity index (χ1v) is 10.4. The van der Waals surface area contributed by atoms with Crippen LogP contribution in [0.2, 0.25) is 0 Å². The molecule has 0 aliphatic carbocycles. The lowest BCUT2D eigenvalue weighted by Gasteiger charge is -2.34. The van der Waals surface area contributed by atoms with Gasteiger partial charge in [0.1, 0.15) is 5.82 Å². The van der Waals surface area contributed by atoms with Crippen molar-refractivity contribution in [2.24, 2.45) is 0 Å². The SMILES string of the molecule is COC(=O)CC1CN(Cc2nc3c(c(=O)[nH]2)COCC3)Cc2ccccc21.O=C(O)C(F)(F)F. The second kappa shape index (κ2) is 10.8. The molecule has 0 amide bonds. The molecule has 0 saturated heterocycles. The largest absolute Gasteiger partial charge is 0.490 e. The number of nitrogens with zero attached hydrogens (tertiary/aromatic N) is 2. The Morgan fingerprint density at radius 1 is 1.32 bits per heavy atom. The first-order valence-electron chi connectivity index (χ1n) is 10.4. The third-order valence-corrected chi connectivity index (χ3v) is 5.50. The molecule has 12 heteroatoms. The van der Waals surface area contributed by atoms with E-state index in [1.165, 1.54) is 18.2 Å². The van der Waals surface area contributed by atoms with Gasteiger partial charge in [0.05, 0.1) is 44.5 Å². The fourth-order valence-electron chi connectivity index (χ4n) is 3.95. The van der Waals surface area contributed by atoms with Gasteiger partial charge in [0, 0.05) is 25.4 Å². The molecule has 2 aromatic rings. The number of carboxylic acids is 1. The zero-order chi connectivity index (χ0) is 24.9. The highest BCUT2D eigenvalue weighted by atomic mass is 19.4. The third-order valence-electron chi connectivity index (χ3n) is 5.50. The molecule has 0 radical (unpaired) electrons. The van der Waals surface area contributed by atoms with Gasteiger partial charge in [0.2, 0.25) is 0 Å². The van der Waals surface area contributed by atoms with Crippen molar-refractivity contribution >= 4 is 11.9 Å². The maximum atomic E-state index is 12.3. The number of alkyl halides is 3. The van der Waals surface area contributed by atoms with E-state index in [1.54, 1.807) is 0 Å². The van der Waals surface area contributed by atoms with Crippen LogP contribution in [0.25, 0.3) is 0 Å². The van der Waals surface area contributed by atoms with E-state index in [9.17, 15) is 22.8 Å². The molecule has 0 fully saturated rings. The van der Waals surface area contributed by atoms with Gasteiger partial charge in [-0.05, 0) is 11.1 Å². The number of ether oxygens (including phenoxy) is 2. The monoisotopic (exact) mass is 483 g/mol. The van der Waals surface area contributed by atoms with E-state index in [4.69, 9.17) is 19.4 Å². The maximum Gasteiger partial charge on any atom is 0.490 e. The molecule has 9 nitrogen and oxygen atoms in total. The Labute approximate surface area is 192 Å². The maximum absolute atomic E-state index is 12.3. The number of esters is 1. The van der Waals surface area contributed by atoms with Gasteiger partial charge in [-0.1, -0.05) is 24.3 Å². The predicted molar refractivity (Wildman–Crippen MR) is 112 cm³/mol. The molecule has 0 bridgehead atoms. The van der Waals surface area contributed by atoms with Crippen LogP contribution in [0.1, 0.15) is 40.5 Å². The smallest absolute Gasteiger partial charge is 0.475 e. The van der Waals surface area contributed by atoms with Crippen molar-refractivity contribution in [3.63, 3.8) is 0 Å². The zero-order valence-corrected chi connectivity index (χ0v) is 18.4. The van der Waals surface area contributed by atoms with Crippen molar-refractivity contribution in [3.05, 3.63) is 62.8 Å². The molecule has 34 heavy (non-hydrogen) atoms. The minimum absolute atomic E-state index is 0.0696. The number of methoxy groups -OCH3 is 1. The second-order valence-corrected chi connectivity index (χ2v) is 7.89. The topological polar surface area (TPSA) is 122 Å². The number of halogens is 3. The molecule has 184 valence electrons. The van der Waals surface area contributed by atoms with E-state index in [-0.39, 0.29) is 17.4 Å². The van der Waals surface area contributed by atoms with Gasteiger partial charge in [-0.2, -0.15) is 13.2 Å². The first-order chi connectivity index (χ1) is 16.1. The molecule has 1 unspecified atom stereocenters. The van der Waals surface area contributed by atoms with Crippen LogP contribution in [0, 0.1) is 0 Å². The number of hydrogen-bond acceptors (Lipinski definition) is 7. The van der Waals surface area contributed by atoms with Crippen molar-refractivity contribution in [1.82, 2.24) is 14.9 Å². The summed E-state index contributed by atoms with van der Waals surface area (Å²) >= 11 is 0. The van der Waals surface area contributed by atoms with Crippen molar-refractivity contribution in [2.45, 2.75) is 44.6 Å². The van der Waals surface area contributed by atoms with Crippen LogP contribution < -0.4 is 5.56 Å². The summed E-state index contributed by atoms with van der Waals surface area (Å²) < 4.78 is 42.0. The van der Waals surface area contributed by atoms with Crippen LogP contribution >= 0.6 is 0 Å². The number of hydrogen-bond donors (Lipinski definition) is 2. The molecular formula is C22H24F3N3O6. The van der Waals surface area contributed by atoms with Gasteiger partial charge in [-0.3, -0.25) is 14.5 Å². The van der Waals surface area contributed by atoms with Crippen molar-refractivity contribution in [1.29, 1.82) is 0 Å². The molecule has 2 aliphatic rings. The summed E-state index contributed by atoms with van der Waals surface area (Å²) in [6, 6.07) is 8.19. The van der Waals surface area contributed by atoms with Gasteiger partial charge >= 0.3 is 18.1 Å². The van der Waals surface area contributed by atoms with Gasteiger partial charge in [-0.25, -0.2) is 9.78 Å². The number of benzene rings is 1. The number of H-pyrrole nitrogens is 1. The molecule has 1 aromatic heterocycles. The van der Waals surface area contributed by atoms with E-state index in [1.807, 2.05) is 12.1 Å². The standard InChI is InChI=1S/C20H23N3O4.C2HF3O2/c1-26-19(24)8-14-10-23(9-13-4-2-3-5-15(13)14)11-18-21-17-6-7-27-12-16(17)20(25)22-18;3-2(4,5)1(6)7/h2-5,14H,6-12H2,1H3,(H,21,22,25);(H,6,7). The summed E-state index contributed by atoms with van der Waals surface area (Å²) in [5.74, 6) is -2.23. The number of nitrogens with one attached hydrogen (secondary N) is 1. The summed E-state index contributed by atoms with van der Waals surface area (Å²) in [5.41, 5.74) is 3.76. The number of carbonyl (C=O) groups excluding carboxylic acids is 1. The molecule has 3 heterocycles. The number of aliphatic carboxylic acids is 1. The molecular weight excluding hydrogens is 459 g/mol. The van der Waals surface area contributed by atoms with Crippen molar-refractivity contribution in [3.8, 4) is 0 Å². The Balaban J connectivity index is 0.000000406. The molecule has 1 atom stereocenters. The van der Waals surface area contributed by atoms with Crippen LogP contribution in [0.4, 0.5) is 13.2 Å². The summed E-state index contributed by atoms with van der Waals surface area (Å²) in [6.07, 6.45) is -4.07. The average Bonchev–Trinajstić information content (AvgIpc) is 2.79. The first kappa shape index (κ1) is 25.4. The molecule has 1 aromatic carbocycles. The minimum Gasteiger partial charge on any atom is -0.475 e. The Morgan fingerprint density at radius 2 is 2.03 bits per heavy atom. The highest BCUT2D eigenvalue weighted by Crippen LogP contribution is 2.31.